The molecule has 0 bridgehead atoms. The van der Waals surface area contributed by atoms with Gasteiger partial charge in [0.15, 0.2) is 0 Å². The molecule has 0 spiro atoms. The number of hydrogen-bond acceptors (Lipinski definition) is 2. The van der Waals surface area contributed by atoms with Crippen molar-refractivity contribution in [3.05, 3.63) is 33.3 Å². The number of halogens is 2. The van der Waals surface area contributed by atoms with Crippen molar-refractivity contribution in [2.75, 3.05) is 18.6 Å². The highest BCUT2D eigenvalue weighted by atomic mass is 79.9. The summed E-state index contributed by atoms with van der Waals surface area (Å²) in [4.78, 5) is 11.8. The molecular weight excluding hydrogens is 326 g/mol. The van der Waals surface area contributed by atoms with E-state index in [1.165, 1.54) is 0 Å². The molecule has 1 amide bonds. The van der Waals surface area contributed by atoms with E-state index in [2.05, 4.69) is 21.2 Å². The Kier molecular flexibility index (Phi) is 6.16. The molecule has 0 aliphatic rings. The maximum atomic E-state index is 11.8. The molecule has 0 aliphatic heterocycles. The van der Waals surface area contributed by atoms with Crippen LogP contribution in [-0.2, 0) is 10.8 Å². The number of carbonyl (C=O) groups excluding carboxylic acids is 1. The minimum atomic E-state index is -0.818. The molecule has 1 aromatic carbocycles. The third-order valence-electron chi connectivity index (χ3n) is 2.09. The van der Waals surface area contributed by atoms with Gasteiger partial charge in [0.05, 0.1) is 10.6 Å². The monoisotopic (exact) mass is 337 g/mol. The van der Waals surface area contributed by atoms with Crippen molar-refractivity contribution in [1.82, 2.24) is 5.32 Å². The molecule has 6 heteroatoms. The van der Waals surface area contributed by atoms with Crippen molar-refractivity contribution in [2.45, 2.75) is 6.42 Å². The Labute approximate surface area is 117 Å². The molecule has 0 saturated heterocycles. The van der Waals surface area contributed by atoms with E-state index in [9.17, 15) is 9.00 Å². The van der Waals surface area contributed by atoms with E-state index < -0.39 is 10.8 Å². The summed E-state index contributed by atoms with van der Waals surface area (Å²) in [6, 6.07) is 5.20. The number of amides is 1. The topological polar surface area (TPSA) is 46.2 Å². The molecule has 0 saturated carbocycles. The summed E-state index contributed by atoms with van der Waals surface area (Å²) < 4.78 is 11.5. The van der Waals surface area contributed by atoms with E-state index >= 15 is 0 Å². The lowest BCUT2D eigenvalue weighted by Crippen LogP contribution is -2.25. The molecule has 1 aromatic rings. The van der Waals surface area contributed by atoms with Gasteiger partial charge in [0.2, 0.25) is 0 Å². The average Bonchev–Trinajstić information content (AvgIpc) is 2.27. The van der Waals surface area contributed by atoms with Gasteiger partial charge in [0.25, 0.3) is 5.91 Å². The lowest BCUT2D eigenvalue weighted by Gasteiger charge is -2.07. The summed E-state index contributed by atoms with van der Waals surface area (Å²) in [6.45, 7) is 0.501. The number of carbonyl (C=O) groups is 1. The summed E-state index contributed by atoms with van der Waals surface area (Å²) in [5.41, 5.74) is 0.443. The molecule has 3 nitrogen and oxygen atoms in total. The van der Waals surface area contributed by atoms with Gasteiger partial charge in [0, 0.05) is 33.8 Å². The number of hydrogen-bond donors (Lipinski definition) is 1. The first-order valence-corrected chi connectivity index (χ1v) is 7.94. The standard InChI is InChI=1S/C11H13BrClNO2S/c1-17(16)7-3-6-14-11(15)8-4-2-5-9(12)10(8)13/h2,4-5H,3,6-7H2,1H3,(H,14,15). The molecule has 0 heterocycles. The van der Waals surface area contributed by atoms with Crippen LogP contribution in [-0.4, -0.2) is 28.7 Å². The molecule has 17 heavy (non-hydrogen) atoms. The van der Waals surface area contributed by atoms with Gasteiger partial charge in [-0.15, -0.1) is 0 Å². The fourth-order valence-corrected chi connectivity index (χ4v) is 2.38. The Bertz CT molecular complexity index is 439. The largest absolute Gasteiger partial charge is 0.352 e. The molecule has 1 atom stereocenters. The minimum Gasteiger partial charge on any atom is -0.352 e. The summed E-state index contributed by atoms with van der Waals surface area (Å²) in [5.74, 6) is 0.380. The normalized spacial score (nSPS) is 12.2. The second-order valence-electron chi connectivity index (χ2n) is 3.49. The lowest BCUT2D eigenvalue weighted by atomic mass is 10.2. The SMILES string of the molecule is CS(=O)CCCNC(=O)c1cccc(Br)c1Cl. The van der Waals surface area contributed by atoms with Gasteiger partial charge in [-0.05, 0) is 34.5 Å². The van der Waals surface area contributed by atoms with Crippen molar-refractivity contribution >= 4 is 44.2 Å². The molecule has 1 rings (SSSR count). The van der Waals surface area contributed by atoms with Crippen LogP contribution in [0.5, 0.6) is 0 Å². The van der Waals surface area contributed by atoms with Gasteiger partial charge in [-0.3, -0.25) is 9.00 Å². The van der Waals surface area contributed by atoms with Gasteiger partial charge in [-0.25, -0.2) is 0 Å². The van der Waals surface area contributed by atoms with Gasteiger partial charge >= 0.3 is 0 Å². The molecule has 94 valence electrons. The molecule has 0 aromatic heterocycles. The zero-order valence-corrected chi connectivity index (χ0v) is 12.5. The Morgan fingerprint density at radius 3 is 2.88 bits per heavy atom. The maximum Gasteiger partial charge on any atom is 0.252 e. The first-order valence-electron chi connectivity index (χ1n) is 5.04. The summed E-state index contributed by atoms with van der Waals surface area (Å²) in [5, 5.41) is 3.15. The predicted molar refractivity (Wildman–Crippen MR) is 75.0 cm³/mol. The van der Waals surface area contributed by atoms with E-state index in [0.717, 1.165) is 0 Å². The Hall–Kier alpha value is -0.390. The van der Waals surface area contributed by atoms with E-state index in [-0.39, 0.29) is 5.91 Å². The highest BCUT2D eigenvalue weighted by Gasteiger charge is 2.11. The van der Waals surface area contributed by atoms with Crippen molar-refractivity contribution in [2.24, 2.45) is 0 Å². The van der Waals surface area contributed by atoms with Crippen molar-refractivity contribution in [3.63, 3.8) is 0 Å². The van der Waals surface area contributed by atoms with Crippen LogP contribution in [0.25, 0.3) is 0 Å². The molecule has 1 unspecified atom stereocenters. The first-order chi connectivity index (χ1) is 8.02. The fourth-order valence-electron chi connectivity index (χ4n) is 1.25. The highest BCUT2D eigenvalue weighted by molar-refractivity contribution is 9.10. The Morgan fingerprint density at radius 1 is 1.53 bits per heavy atom. The number of benzene rings is 1. The molecule has 0 radical (unpaired) electrons. The zero-order chi connectivity index (χ0) is 12.8. The van der Waals surface area contributed by atoms with Crippen LogP contribution in [0.15, 0.2) is 22.7 Å². The maximum absolute atomic E-state index is 11.8. The second-order valence-corrected chi connectivity index (χ2v) is 6.28. The average molecular weight is 339 g/mol. The van der Waals surface area contributed by atoms with Crippen molar-refractivity contribution in [3.8, 4) is 0 Å². The second kappa shape index (κ2) is 7.13. The van der Waals surface area contributed by atoms with Gasteiger partial charge in [0.1, 0.15) is 0 Å². The van der Waals surface area contributed by atoms with Crippen LogP contribution in [0.1, 0.15) is 16.8 Å². The van der Waals surface area contributed by atoms with Gasteiger partial charge < -0.3 is 5.32 Å². The van der Waals surface area contributed by atoms with Crippen molar-refractivity contribution in [1.29, 1.82) is 0 Å². The summed E-state index contributed by atoms with van der Waals surface area (Å²) in [6.07, 6.45) is 2.34. The molecular formula is C11H13BrClNO2S. The van der Waals surface area contributed by atoms with Gasteiger partial charge in [-0.2, -0.15) is 0 Å². The van der Waals surface area contributed by atoms with Gasteiger partial charge in [-0.1, -0.05) is 17.7 Å². The van der Waals surface area contributed by atoms with Crippen molar-refractivity contribution < 1.29 is 9.00 Å². The van der Waals surface area contributed by atoms with Crippen LogP contribution >= 0.6 is 27.5 Å². The Morgan fingerprint density at radius 2 is 2.24 bits per heavy atom. The number of nitrogens with one attached hydrogen (secondary N) is 1. The van der Waals surface area contributed by atoms with Crippen LogP contribution < -0.4 is 5.32 Å². The lowest BCUT2D eigenvalue weighted by molar-refractivity contribution is 0.0954. The van der Waals surface area contributed by atoms with E-state index in [0.29, 0.717) is 33.8 Å². The zero-order valence-electron chi connectivity index (χ0n) is 9.33. The smallest absolute Gasteiger partial charge is 0.252 e. The Balaban J connectivity index is 2.53. The first kappa shape index (κ1) is 14.7. The van der Waals surface area contributed by atoms with Crippen LogP contribution in [0, 0.1) is 0 Å². The summed E-state index contributed by atoms with van der Waals surface area (Å²) >= 11 is 9.26. The van der Waals surface area contributed by atoms with E-state index in [1.54, 1.807) is 24.5 Å². The van der Waals surface area contributed by atoms with E-state index in [1.807, 2.05) is 0 Å². The highest BCUT2D eigenvalue weighted by Crippen LogP contribution is 2.25. The van der Waals surface area contributed by atoms with Crippen LogP contribution in [0.2, 0.25) is 5.02 Å². The quantitative estimate of drug-likeness (QED) is 0.839. The predicted octanol–water partition coefficient (Wildman–Crippen LogP) is 2.60. The molecule has 0 aliphatic carbocycles. The minimum absolute atomic E-state index is 0.210. The van der Waals surface area contributed by atoms with E-state index in [4.69, 9.17) is 11.6 Å². The third-order valence-corrected chi connectivity index (χ3v) is 4.25. The molecule has 0 fully saturated rings. The van der Waals surface area contributed by atoms with Crippen LogP contribution in [0.3, 0.4) is 0 Å². The summed E-state index contributed by atoms with van der Waals surface area (Å²) in [7, 11) is -0.818. The number of rotatable bonds is 5. The van der Waals surface area contributed by atoms with Crippen LogP contribution in [0.4, 0.5) is 0 Å². The fraction of sp³-hybridized carbons (Fsp3) is 0.364. The molecule has 1 N–H and O–H groups in total. The third kappa shape index (κ3) is 4.77.